The van der Waals surface area contributed by atoms with Gasteiger partial charge in [-0.1, -0.05) is 6.42 Å². The Hall–Kier alpha value is -0.850. The van der Waals surface area contributed by atoms with Crippen LogP contribution in [0.1, 0.15) is 25.7 Å². The first kappa shape index (κ1) is 17.5. The van der Waals surface area contributed by atoms with Crippen LogP contribution in [0, 0.1) is 5.41 Å². The molecule has 1 saturated heterocycles. The average molecular weight is 312 g/mol. The third kappa shape index (κ3) is 4.83. The van der Waals surface area contributed by atoms with Gasteiger partial charge in [0.1, 0.15) is 0 Å². The SMILES string of the molecule is COCCC1(CNC(=O)NC[C@@H]2CN(C)CCN2C)CCC1. The number of rotatable bonds is 7. The van der Waals surface area contributed by atoms with E-state index in [1.165, 1.54) is 19.3 Å². The van der Waals surface area contributed by atoms with Crippen molar-refractivity contribution in [2.45, 2.75) is 31.7 Å². The smallest absolute Gasteiger partial charge is 0.314 e. The minimum atomic E-state index is -0.0367. The summed E-state index contributed by atoms with van der Waals surface area (Å²) in [7, 11) is 6.01. The molecule has 1 heterocycles. The Labute approximate surface area is 134 Å². The minimum Gasteiger partial charge on any atom is -0.385 e. The fourth-order valence-electron chi connectivity index (χ4n) is 3.37. The third-order valence-electron chi connectivity index (χ3n) is 5.35. The van der Waals surface area contributed by atoms with Gasteiger partial charge in [0.2, 0.25) is 0 Å². The molecule has 0 aromatic carbocycles. The van der Waals surface area contributed by atoms with E-state index in [0.29, 0.717) is 12.6 Å². The largest absolute Gasteiger partial charge is 0.385 e. The molecule has 0 aromatic rings. The van der Waals surface area contributed by atoms with Crippen molar-refractivity contribution in [3.63, 3.8) is 0 Å². The number of amides is 2. The number of ether oxygens (including phenoxy) is 1. The Balaban J connectivity index is 1.67. The topological polar surface area (TPSA) is 56.8 Å². The molecule has 2 fully saturated rings. The minimum absolute atomic E-state index is 0.0367. The molecule has 0 unspecified atom stereocenters. The van der Waals surface area contributed by atoms with Crippen LogP contribution in [-0.2, 0) is 4.74 Å². The number of likely N-dealkylation sites (N-methyl/N-ethyl adjacent to an activating group) is 2. The molecule has 2 amide bonds. The average Bonchev–Trinajstić information content (AvgIpc) is 2.47. The highest BCUT2D eigenvalue weighted by Crippen LogP contribution is 2.43. The number of carbonyl (C=O) groups is 1. The molecule has 1 aliphatic carbocycles. The maximum atomic E-state index is 12.0. The molecule has 2 aliphatic rings. The van der Waals surface area contributed by atoms with E-state index in [0.717, 1.165) is 39.2 Å². The summed E-state index contributed by atoms with van der Waals surface area (Å²) >= 11 is 0. The predicted molar refractivity (Wildman–Crippen MR) is 88.1 cm³/mol. The van der Waals surface area contributed by atoms with E-state index in [2.05, 4.69) is 34.5 Å². The highest BCUT2D eigenvalue weighted by molar-refractivity contribution is 5.73. The maximum absolute atomic E-state index is 12.0. The Kier molecular flexibility index (Phi) is 6.47. The van der Waals surface area contributed by atoms with Crippen molar-refractivity contribution >= 4 is 6.03 Å². The molecule has 128 valence electrons. The second kappa shape index (κ2) is 8.13. The van der Waals surface area contributed by atoms with Crippen molar-refractivity contribution in [2.24, 2.45) is 5.41 Å². The summed E-state index contributed by atoms with van der Waals surface area (Å²) < 4.78 is 5.19. The number of nitrogens with one attached hydrogen (secondary N) is 2. The van der Waals surface area contributed by atoms with E-state index in [4.69, 9.17) is 4.74 Å². The van der Waals surface area contributed by atoms with E-state index in [9.17, 15) is 4.79 Å². The van der Waals surface area contributed by atoms with Gasteiger partial charge in [0.15, 0.2) is 0 Å². The van der Waals surface area contributed by atoms with E-state index in [1.807, 2.05) is 0 Å². The van der Waals surface area contributed by atoms with Crippen LogP contribution in [0.25, 0.3) is 0 Å². The number of methoxy groups -OCH3 is 1. The van der Waals surface area contributed by atoms with E-state index in [1.54, 1.807) is 7.11 Å². The van der Waals surface area contributed by atoms with Crippen LogP contribution >= 0.6 is 0 Å². The molecule has 0 radical (unpaired) electrons. The first-order valence-corrected chi connectivity index (χ1v) is 8.44. The Morgan fingerprint density at radius 1 is 1.27 bits per heavy atom. The number of carbonyl (C=O) groups excluding carboxylic acids is 1. The van der Waals surface area contributed by atoms with Gasteiger partial charge in [-0.15, -0.1) is 0 Å². The Morgan fingerprint density at radius 2 is 2.05 bits per heavy atom. The molecule has 0 aromatic heterocycles. The number of urea groups is 1. The zero-order valence-electron chi connectivity index (χ0n) is 14.4. The fourth-order valence-corrected chi connectivity index (χ4v) is 3.37. The summed E-state index contributed by atoms with van der Waals surface area (Å²) in [5, 5.41) is 6.09. The third-order valence-corrected chi connectivity index (χ3v) is 5.35. The summed E-state index contributed by atoms with van der Waals surface area (Å²) in [5.41, 5.74) is 0.273. The normalized spacial score (nSPS) is 25.5. The molecule has 1 aliphatic heterocycles. The molecule has 6 nitrogen and oxygen atoms in total. The lowest BCUT2D eigenvalue weighted by Gasteiger charge is -2.42. The molecule has 6 heteroatoms. The van der Waals surface area contributed by atoms with Gasteiger partial charge in [-0.2, -0.15) is 0 Å². The van der Waals surface area contributed by atoms with Crippen LogP contribution in [0.3, 0.4) is 0 Å². The summed E-state index contributed by atoms with van der Waals surface area (Å²) in [4.78, 5) is 16.7. The van der Waals surface area contributed by atoms with E-state index < -0.39 is 0 Å². The maximum Gasteiger partial charge on any atom is 0.314 e. The van der Waals surface area contributed by atoms with Gasteiger partial charge in [-0.25, -0.2) is 4.79 Å². The van der Waals surface area contributed by atoms with Crippen molar-refractivity contribution in [2.75, 3.05) is 60.5 Å². The van der Waals surface area contributed by atoms with Crippen LogP contribution in [0.2, 0.25) is 0 Å². The Morgan fingerprint density at radius 3 is 2.68 bits per heavy atom. The lowest BCUT2D eigenvalue weighted by atomic mass is 9.67. The van der Waals surface area contributed by atoms with Crippen molar-refractivity contribution < 1.29 is 9.53 Å². The predicted octanol–water partition coefficient (Wildman–Crippen LogP) is 0.738. The van der Waals surface area contributed by atoms with Crippen LogP contribution in [0.15, 0.2) is 0 Å². The quantitative estimate of drug-likeness (QED) is 0.728. The van der Waals surface area contributed by atoms with Crippen molar-refractivity contribution in [1.82, 2.24) is 20.4 Å². The highest BCUT2D eigenvalue weighted by Gasteiger charge is 2.36. The molecular weight excluding hydrogens is 280 g/mol. The van der Waals surface area contributed by atoms with Gasteiger partial charge in [0.25, 0.3) is 0 Å². The summed E-state index contributed by atoms with van der Waals surface area (Å²) in [5.74, 6) is 0. The molecule has 2 N–H and O–H groups in total. The second-order valence-electron chi connectivity index (χ2n) is 7.06. The van der Waals surface area contributed by atoms with Gasteiger partial charge < -0.3 is 20.3 Å². The number of piperazine rings is 1. The lowest BCUT2D eigenvalue weighted by Crippen LogP contribution is -2.55. The Bertz CT molecular complexity index is 360. The van der Waals surface area contributed by atoms with Gasteiger partial charge in [-0.3, -0.25) is 4.90 Å². The molecule has 22 heavy (non-hydrogen) atoms. The highest BCUT2D eigenvalue weighted by atomic mass is 16.5. The number of hydrogen-bond acceptors (Lipinski definition) is 4. The van der Waals surface area contributed by atoms with Gasteiger partial charge in [0.05, 0.1) is 0 Å². The van der Waals surface area contributed by atoms with Crippen molar-refractivity contribution in [3.8, 4) is 0 Å². The number of hydrogen-bond donors (Lipinski definition) is 2. The van der Waals surface area contributed by atoms with Crippen LogP contribution < -0.4 is 10.6 Å². The molecule has 0 bridgehead atoms. The van der Waals surface area contributed by atoms with E-state index >= 15 is 0 Å². The fraction of sp³-hybridized carbons (Fsp3) is 0.938. The lowest BCUT2D eigenvalue weighted by molar-refractivity contribution is 0.0708. The van der Waals surface area contributed by atoms with Gasteiger partial charge in [-0.05, 0) is 38.8 Å². The van der Waals surface area contributed by atoms with Crippen LogP contribution in [-0.4, -0.2) is 82.4 Å². The zero-order chi connectivity index (χ0) is 16.0. The summed E-state index contributed by atoms with van der Waals surface area (Å²) in [6.45, 7) is 5.42. The number of nitrogens with zero attached hydrogens (tertiary/aromatic N) is 2. The molecule has 0 spiro atoms. The summed E-state index contributed by atoms with van der Waals surface area (Å²) in [6, 6.07) is 0.362. The standard InChI is InChI=1S/C16H32N4O2/c1-19-8-9-20(2)14(12-19)11-17-15(21)18-13-16(5-4-6-16)7-10-22-3/h14H,4-13H2,1-3H3,(H2,17,18,21)/t14-/m1/s1. The van der Waals surface area contributed by atoms with Crippen molar-refractivity contribution in [3.05, 3.63) is 0 Å². The van der Waals surface area contributed by atoms with Crippen molar-refractivity contribution in [1.29, 1.82) is 0 Å². The van der Waals surface area contributed by atoms with E-state index in [-0.39, 0.29) is 11.4 Å². The van der Waals surface area contributed by atoms with Crippen LogP contribution in [0.5, 0.6) is 0 Å². The summed E-state index contributed by atoms with van der Waals surface area (Å²) in [6.07, 6.45) is 4.71. The molecule has 1 saturated carbocycles. The zero-order valence-corrected chi connectivity index (χ0v) is 14.4. The molecular formula is C16H32N4O2. The van der Waals surface area contributed by atoms with Gasteiger partial charge >= 0.3 is 6.03 Å². The van der Waals surface area contributed by atoms with Gasteiger partial charge in [0, 0.05) is 52.5 Å². The second-order valence-corrected chi connectivity index (χ2v) is 7.06. The monoisotopic (exact) mass is 312 g/mol. The molecule has 2 rings (SSSR count). The first-order chi connectivity index (χ1) is 10.5. The first-order valence-electron chi connectivity index (χ1n) is 8.44. The molecule has 1 atom stereocenters. The van der Waals surface area contributed by atoms with Crippen LogP contribution in [0.4, 0.5) is 4.79 Å².